The van der Waals surface area contributed by atoms with Crippen molar-refractivity contribution in [3.8, 4) is 0 Å². The first-order chi connectivity index (χ1) is 6.88. The average molecular weight is 215 g/mol. The molecule has 2 atom stereocenters. The Balaban J connectivity index is 2.27. The minimum atomic E-state index is -0.236. The van der Waals surface area contributed by atoms with Crippen LogP contribution >= 0.6 is 0 Å². The van der Waals surface area contributed by atoms with E-state index in [0.717, 1.165) is 32.7 Å². The van der Waals surface area contributed by atoms with Crippen molar-refractivity contribution in [3.05, 3.63) is 0 Å². The molecule has 0 aromatic rings. The Morgan fingerprint density at radius 1 is 1.47 bits per heavy atom. The van der Waals surface area contributed by atoms with Crippen molar-refractivity contribution < 1.29 is 9.84 Å². The van der Waals surface area contributed by atoms with E-state index in [1.807, 2.05) is 0 Å². The highest BCUT2D eigenvalue weighted by molar-refractivity contribution is 4.76. The van der Waals surface area contributed by atoms with E-state index in [0.29, 0.717) is 11.3 Å². The Hall–Kier alpha value is -0.120. The summed E-state index contributed by atoms with van der Waals surface area (Å²) in [4.78, 5) is 2.21. The number of hydrogen-bond donors (Lipinski definition) is 1. The molecule has 1 rings (SSSR count). The zero-order chi connectivity index (χ0) is 11.5. The molecule has 2 unspecified atom stereocenters. The predicted octanol–water partition coefficient (Wildman–Crippen LogP) is 1.36. The molecule has 3 heteroatoms. The molecule has 0 radical (unpaired) electrons. The molecule has 0 aliphatic carbocycles. The summed E-state index contributed by atoms with van der Waals surface area (Å²) in [5.74, 6) is 0.340. The normalized spacial score (nSPS) is 24.8. The third kappa shape index (κ3) is 4.96. The zero-order valence-corrected chi connectivity index (χ0v) is 10.5. The van der Waals surface area contributed by atoms with Gasteiger partial charge in [0.05, 0.1) is 12.7 Å². The molecule has 90 valence electrons. The van der Waals surface area contributed by atoms with E-state index in [4.69, 9.17) is 4.74 Å². The third-order valence-corrected chi connectivity index (χ3v) is 2.75. The van der Waals surface area contributed by atoms with Crippen molar-refractivity contribution in [1.29, 1.82) is 0 Å². The van der Waals surface area contributed by atoms with E-state index in [9.17, 15) is 5.11 Å². The van der Waals surface area contributed by atoms with Crippen LogP contribution in [0, 0.1) is 11.3 Å². The van der Waals surface area contributed by atoms with Gasteiger partial charge in [0, 0.05) is 25.6 Å². The highest BCUT2D eigenvalue weighted by Gasteiger charge is 2.25. The second kappa shape index (κ2) is 5.28. The van der Waals surface area contributed by atoms with E-state index in [2.05, 4.69) is 32.7 Å². The van der Waals surface area contributed by atoms with E-state index < -0.39 is 0 Å². The van der Waals surface area contributed by atoms with Crippen LogP contribution in [-0.2, 0) is 4.74 Å². The van der Waals surface area contributed by atoms with E-state index in [1.54, 1.807) is 0 Å². The smallest absolute Gasteiger partial charge is 0.0717 e. The molecule has 0 aromatic heterocycles. The Morgan fingerprint density at radius 2 is 2.13 bits per heavy atom. The molecular formula is C12H25NO2. The van der Waals surface area contributed by atoms with Gasteiger partial charge in [-0.25, -0.2) is 0 Å². The number of ether oxygens (including phenoxy) is 1. The fourth-order valence-electron chi connectivity index (χ4n) is 2.20. The van der Waals surface area contributed by atoms with E-state index in [-0.39, 0.29) is 6.10 Å². The van der Waals surface area contributed by atoms with Crippen LogP contribution in [0.2, 0.25) is 0 Å². The zero-order valence-electron chi connectivity index (χ0n) is 10.5. The highest BCUT2D eigenvalue weighted by atomic mass is 16.5. The molecule has 0 spiro atoms. The summed E-state index contributed by atoms with van der Waals surface area (Å²) < 4.78 is 5.28. The Kier molecular flexibility index (Phi) is 4.56. The Bertz CT molecular complexity index is 183. The first kappa shape index (κ1) is 12.9. The second-order valence-corrected chi connectivity index (χ2v) is 5.95. The molecule has 1 N–H and O–H groups in total. The van der Waals surface area contributed by atoms with Crippen LogP contribution < -0.4 is 0 Å². The highest BCUT2D eigenvalue weighted by Crippen LogP contribution is 2.19. The lowest BCUT2D eigenvalue weighted by atomic mass is 9.95. The van der Waals surface area contributed by atoms with Crippen LogP contribution in [-0.4, -0.2) is 49.5 Å². The standard InChI is InChI=1S/C12H25NO2/c1-12(2,3)9-13(4)7-11(14)10-5-6-15-8-10/h10-11,14H,5-9H2,1-4H3. The SMILES string of the molecule is CN(CC(O)C1CCOC1)CC(C)(C)C. The summed E-state index contributed by atoms with van der Waals surface area (Å²) in [6, 6.07) is 0. The van der Waals surface area contributed by atoms with Gasteiger partial charge in [0.15, 0.2) is 0 Å². The number of aliphatic hydroxyl groups excluding tert-OH is 1. The summed E-state index contributed by atoms with van der Waals surface area (Å²) in [6.45, 7) is 9.95. The lowest BCUT2D eigenvalue weighted by Gasteiger charge is -2.29. The first-order valence-electron chi connectivity index (χ1n) is 5.83. The van der Waals surface area contributed by atoms with Crippen LogP contribution in [0.1, 0.15) is 27.2 Å². The van der Waals surface area contributed by atoms with Gasteiger partial charge >= 0.3 is 0 Å². The van der Waals surface area contributed by atoms with Crippen molar-refractivity contribution in [2.75, 3.05) is 33.4 Å². The topological polar surface area (TPSA) is 32.7 Å². The molecule has 1 aliphatic rings. The molecule has 0 amide bonds. The maximum absolute atomic E-state index is 9.99. The molecule has 1 saturated heterocycles. The summed E-state index contributed by atoms with van der Waals surface area (Å²) in [6.07, 6.45) is 0.768. The van der Waals surface area contributed by atoms with Crippen LogP contribution in [0.15, 0.2) is 0 Å². The maximum Gasteiger partial charge on any atom is 0.0717 e. The van der Waals surface area contributed by atoms with Gasteiger partial charge in [-0.15, -0.1) is 0 Å². The molecule has 0 aromatic carbocycles. The molecule has 0 bridgehead atoms. The molecular weight excluding hydrogens is 190 g/mol. The molecule has 1 fully saturated rings. The fraction of sp³-hybridized carbons (Fsp3) is 1.00. The molecule has 0 saturated carbocycles. The summed E-state index contributed by atoms with van der Waals surface area (Å²) >= 11 is 0. The van der Waals surface area contributed by atoms with E-state index >= 15 is 0 Å². The average Bonchev–Trinajstić information content (AvgIpc) is 2.50. The van der Waals surface area contributed by atoms with Gasteiger partial charge in [-0.1, -0.05) is 20.8 Å². The summed E-state index contributed by atoms with van der Waals surface area (Å²) in [5, 5.41) is 9.99. The number of aliphatic hydroxyl groups is 1. The second-order valence-electron chi connectivity index (χ2n) is 5.95. The largest absolute Gasteiger partial charge is 0.391 e. The van der Waals surface area contributed by atoms with Crippen molar-refractivity contribution >= 4 is 0 Å². The molecule has 15 heavy (non-hydrogen) atoms. The monoisotopic (exact) mass is 215 g/mol. The van der Waals surface area contributed by atoms with Gasteiger partial charge in [0.2, 0.25) is 0 Å². The quantitative estimate of drug-likeness (QED) is 0.768. The number of nitrogens with zero attached hydrogens (tertiary/aromatic N) is 1. The summed E-state index contributed by atoms with van der Waals surface area (Å²) in [7, 11) is 2.07. The van der Waals surface area contributed by atoms with Gasteiger partial charge < -0.3 is 14.7 Å². The van der Waals surface area contributed by atoms with Gasteiger partial charge in [0.25, 0.3) is 0 Å². The predicted molar refractivity (Wildman–Crippen MR) is 61.9 cm³/mol. The third-order valence-electron chi connectivity index (χ3n) is 2.75. The van der Waals surface area contributed by atoms with Crippen LogP contribution in [0.25, 0.3) is 0 Å². The Labute approximate surface area is 93.4 Å². The van der Waals surface area contributed by atoms with Gasteiger partial charge in [-0.05, 0) is 18.9 Å². The molecule has 3 nitrogen and oxygen atoms in total. The lowest BCUT2D eigenvalue weighted by Crippen LogP contribution is -2.38. The van der Waals surface area contributed by atoms with Crippen molar-refractivity contribution in [2.45, 2.75) is 33.3 Å². The summed E-state index contributed by atoms with van der Waals surface area (Å²) in [5.41, 5.74) is 0.292. The van der Waals surface area contributed by atoms with E-state index in [1.165, 1.54) is 0 Å². The molecule has 1 aliphatic heterocycles. The van der Waals surface area contributed by atoms with Gasteiger partial charge in [0.1, 0.15) is 0 Å². The van der Waals surface area contributed by atoms with Gasteiger partial charge in [-0.2, -0.15) is 0 Å². The lowest BCUT2D eigenvalue weighted by molar-refractivity contribution is 0.0548. The fourth-order valence-corrected chi connectivity index (χ4v) is 2.20. The maximum atomic E-state index is 9.99. The number of likely N-dealkylation sites (N-methyl/N-ethyl adjacent to an activating group) is 1. The molecule has 1 heterocycles. The van der Waals surface area contributed by atoms with Crippen molar-refractivity contribution in [1.82, 2.24) is 4.90 Å². The number of hydrogen-bond acceptors (Lipinski definition) is 3. The van der Waals surface area contributed by atoms with Crippen LogP contribution in [0.4, 0.5) is 0 Å². The van der Waals surface area contributed by atoms with Crippen molar-refractivity contribution in [3.63, 3.8) is 0 Å². The van der Waals surface area contributed by atoms with Crippen molar-refractivity contribution in [2.24, 2.45) is 11.3 Å². The van der Waals surface area contributed by atoms with Gasteiger partial charge in [-0.3, -0.25) is 0 Å². The minimum absolute atomic E-state index is 0.236. The van der Waals surface area contributed by atoms with Crippen LogP contribution in [0.5, 0.6) is 0 Å². The van der Waals surface area contributed by atoms with Crippen LogP contribution in [0.3, 0.4) is 0 Å². The Morgan fingerprint density at radius 3 is 2.60 bits per heavy atom. The first-order valence-corrected chi connectivity index (χ1v) is 5.83. The number of rotatable bonds is 4. The minimum Gasteiger partial charge on any atom is -0.391 e.